The van der Waals surface area contributed by atoms with Gasteiger partial charge in [-0.1, -0.05) is 12.1 Å². The van der Waals surface area contributed by atoms with Crippen LogP contribution in [0.25, 0.3) is 0 Å². The average Bonchev–Trinajstić information content (AvgIpc) is 2.90. The first-order valence-electron chi connectivity index (χ1n) is 7.57. The third-order valence-corrected chi connectivity index (χ3v) is 4.56. The van der Waals surface area contributed by atoms with Crippen LogP contribution in [0.1, 0.15) is 26.2 Å². The maximum atomic E-state index is 6.15. The van der Waals surface area contributed by atoms with E-state index in [0.717, 1.165) is 57.0 Å². The number of hydrogen-bond donors (Lipinski definition) is 1. The van der Waals surface area contributed by atoms with Gasteiger partial charge in [-0.25, -0.2) is 0 Å². The molecule has 2 unspecified atom stereocenters. The molecule has 0 aliphatic carbocycles. The molecule has 0 bridgehead atoms. The van der Waals surface area contributed by atoms with E-state index in [2.05, 4.69) is 24.0 Å². The summed E-state index contributed by atoms with van der Waals surface area (Å²) in [5, 5.41) is 0. The SMILES string of the molecule is CCN(c1ccccc1N)C1CCOC2(CCOC2)C1. The Kier molecular flexibility index (Phi) is 3.85. The van der Waals surface area contributed by atoms with Gasteiger partial charge in [0.05, 0.1) is 23.6 Å². The van der Waals surface area contributed by atoms with Crippen LogP contribution in [0, 0.1) is 0 Å². The molecule has 2 fully saturated rings. The lowest BCUT2D eigenvalue weighted by atomic mass is 9.88. The largest absolute Gasteiger partial charge is 0.397 e. The van der Waals surface area contributed by atoms with Gasteiger partial charge < -0.3 is 20.1 Å². The number of para-hydroxylation sites is 2. The number of nitrogen functional groups attached to an aromatic ring is 1. The smallest absolute Gasteiger partial charge is 0.0956 e. The van der Waals surface area contributed by atoms with Gasteiger partial charge in [0.1, 0.15) is 0 Å². The molecule has 3 rings (SSSR count). The molecule has 2 atom stereocenters. The van der Waals surface area contributed by atoms with Gasteiger partial charge in [-0.05, 0) is 31.9 Å². The summed E-state index contributed by atoms with van der Waals surface area (Å²) in [7, 11) is 0. The first-order chi connectivity index (χ1) is 9.74. The van der Waals surface area contributed by atoms with E-state index in [1.54, 1.807) is 0 Å². The lowest BCUT2D eigenvalue weighted by molar-refractivity contribution is -0.0858. The molecule has 0 amide bonds. The summed E-state index contributed by atoms with van der Waals surface area (Å²) in [5.74, 6) is 0. The van der Waals surface area contributed by atoms with Gasteiger partial charge in [0.25, 0.3) is 0 Å². The Hall–Kier alpha value is -1.26. The van der Waals surface area contributed by atoms with Crippen molar-refractivity contribution in [1.82, 2.24) is 0 Å². The molecule has 0 aromatic heterocycles. The predicted octanol–water partition coefficient (Wildman–Crippen LogP) is 2.43. The van der Waals surface area contributed by atoms with Crippen LogP contribution in [0.15, 0.2) is 24.3 Å². The third kappa shape index (κ3) is 2.50. The molecular formula is C16H24N2O2. The molecule has 2 heterocycles. The maximum absolute atomic E-state index is 6.15. The zero-order valence-electron chi connectivity index (χ0n) is 12.2. The van der Waals surface area contributed by atoms with E-state index < -0.39 is 0 Å². The lowest BCUT2D eigenvalue weighted by Crippen LogP contribution is -2.49. The zero-order chi connectivity index (χ0) is 14.0. The van der Waals surface area contributed by atoms with Gasteiger partial charge in [-0.15, -0.1) is 0 Å². The minimum absolute atomic E-state index is 0.0557. The van der Waals surface area contributed by atoms with Crippen molar-refractivity contribution in [2.75, 3.05) is 37.0 Å². The van der Waals surface area contributed by atoms with E-state index in [9.17, 15) is 0 Å². The topological polar surface area (TPSA) is 47.7 Å². The monoisotopic (exact) mass is 276 g/mol. The van der Waals surface area contributed by atoms with Crippen molar-refractivity contribution in [3.05, 3.63) is 24.3 Å². The highest BCUT2D eigenvalue weighted by Crippen LogP contribution is 2.37. The Labute approximate surface area is 120 Å². The van der Waals surface area contributed by atoms with Crippen molar-refractivity contribution in [2.24, 2.45) is 0 Å². The average molecular weight is 276 g/mol. The van der Waals surface area contributed by atoms with Gasteiger partial charge in [0.2, 0.25) is 0 Å². The highest BCUT2D eigenvalue weighted by Gasteiger charge is 2.42. The number of rotatable bonds is 3. The Morgan fingerprint density at radius 3 is 2.90 bits per heavy atom. The van der Waals surface area contributed by atoms with Crippen LogP contribution in [0.4, 0.5) is 11.4 Å². The standard InChI is InChI=1S/C16H24N2O2/c1-2-18(15-6-4-3-5-14(15)17)13-7-9-20-16(11-13)8-10-19-12-16/h3-6,13H,2,7-12,17H2,1H3. The molecule has 4 heteroatoms. The highest BCUT2D eigenvalue weighted by molar-refractivity contribution is 5.67. The van der Waals surface area contributed by atoms with Crippen LogP contribution in [0.3, 0.4) is 0 Å². The van der Waals surface area contributed by atoms with E-state index in [0.29, 0.717) is 6.04 Å². The van der Waals surface area contributed by atoms with Crippen LogP contribution in [-0.4, -0.2) is 38.0 Å². The molecule has 4 nitrogen and oxygen atoms in total. The molecule has 0 saturated carbocycles. The van der Waals surface area contributed by atoms with Crippen molar-refractivity contribution in [1.29, 1.82) is 0 Å². The van der Waals surface area contributed by atoms with Crippen LogP contribution >= 0.6 is 0 Å². The molecule has 2 N–H and O–H groups in total. The molecule has 2 aliphatic heterocycles. The number of hydrogen-bond acceptors (Lipinski definition) is 4. The van der Waals surface area contributed by atoms with E-state index in [-0.39, 0.29) is 5.60 Å². The molecule has 0 radical (unpaired) electrons. The summed E-state index contributed by atoms with van der Waals surface area (Å²) in [6, 6.07) is 8.63. The fourth-order valence-corrected chi connectivity index (χ4v) is 3.51. The third-order valence-electron chi connectivity index (χ3n) is 4.56. The molecule has 110 valence electrons. The van der Waals surface area contributed by atoms with Gasteiger partial charge in [-0.3, -0.25) is 0 Å². The van der Waals surface area contributed by atoms with Crippen molar-refractivity contribution in [2.45, 2.75) is 37.8 Å². The van der Waals surface area contributed by atoms with Gasteiger partial charge in [0, 0.05) is 32.2 Å². The van der Waals surface area contributed by atoms with Crippen molar-refractivity contribution < 1.29 is 9.47 Å². The minimum Gasteiger partial charge on any atom is -0.397 e. The summed E-state index contributed by atoms with van der Waals surface area (Å²) in [6.07, 6.45) is 3.12. The normalized spacial score (nSPS) is 29.8. The molecule has 2 saturated heterocycles. The molecule has 1 spiro atoms. The lowest BCUT2D eigenvalue weighted by Gasteiger charge is -2.43. The van der Waals surface area contributed by atoms with E-state index in [4.69, 9.17) is 15.2 Å². The molecule has 1 aromatic carbocycles. The van der Waals surface area contributed by atoms with Crippen LogP contribution < -0.4 is 10.6 Å². The summed E-state index contributed by atoms with van der Waals surface area (Å²) in [4.78, 5) is 2.43. The summed E-state index contributed by atoms with van der Waals surface area (Å²) in [6.45, 7) is 5.55. The van der Waals surface area contributed by atoms with Gasteiger partial charge >= 0.3 is 0 Å². The van der Waals surface area contributed by atoms with Crippen molar-refractivity contribution >= 4 is 11.4 Å². The Balaban J connectivity index is 1.81. The Bertz CT molecular complexity index is 458. The summed E-state index contributed by atoms with van der Waals surface area (Å²) < 4.78 is 11.6. The summed E-state index contributed by atoms with van der Waals surface area (Å²) >= 11 is 0. The molecule has 20 heavy (non-hydrogen) atoms. The second-order valence-corrected chi connectivity index (χ2v) is 5.83. The van der Waals surface area contributed by atoms with Crippen LogP contribution in [-0.2, 0) is 9.47 Å². The Morgan fingerprint density at radius 1 is 1.35 bits per heavy atom. The quantitative estimate of drug-likeness (QED) is 0.861. The number of nitrogens with two attached hydrogens (primary N) is 1. The van der Waals surface area contributed by atoms with E-state index in [1.165, 1.54) is 0 Å². The Morgan fingerprint density at radius 2 is 2.20 bits per heavy atom. The second-order valence-electron chi connectivity index (χ2n) is 5.83. The van der Waals surface area contributed by atoms with Crippen molar-refractivity contribution in [3.63, 3.8) is 0 Å². The second kappa shape index (κ2) is 5.62. The fourth-order valence-electron chi connectivity index (χ4n) is 3.51. The van der Waals surface area contributed by atoms with Crippen LogP contribution in [0.2, 0.25) is 0 Å². The van der Waals surface area contributed by atoms with E-state index in [1.807, 2.05) is 12.1 Å². The van der Waals surface area contributed by atoms with Gasteiger partial charge in [-0.2, -0.15) is 0 Å². The number of nitrogens with zero attached hydrogens (tertiary/aromatic N) is 1. The highest BCUT2D eigenvalue weighted by atomic mass is 16.6. The molecule has 2 aliphatic rings. The zero-order valence-corrected chi connectivity index (χ0v) is 12.2. The molecular weight excluding hydrogens is 252 g/mol. The van der Waals surface area contributed by atoms with Gasteiger partial charge in [0.15, 0.2) is 0 Å². The minimum atomic E-state index is -0.0557. The summed E-state index contributed by atoms with van der Waals surface area (Å²) in [5.41, 5.74) is 8.10. The first-order valence-corrected chi connectivity index (χ1v) is 7.57. The van der Waals surface area contributed by atoms with Crippen molar-refractivity contribution in [3.8, 4) is 0 Å². The maximum Gasteiger partial charge on any atom is 0.0956 e. The predicted molar refractivity (Wildman–Crippen MR) is 81.0 cm³/mol. The fraction of sp³-hybridized carbons (Fsp3) is 0.625. The number of anilines is 2. The number of benzene rings is 1. The van der Waals surface area contributed by atoms with E-state index >= 15 is 0 Å². The van der Waals surface area contributed by atoms with Crippen LogP contribution in [0.5, 0.6) is 0 Å². The molecule has 1 aromatic rings. The first kappa shape index (κ1) is 13.7. The number of ether oxygens (including phenoxy) is 2.